The van der Waals surface area contributed by atoms with Gasteiger partial charge in [-0.3, -0.25) is 0 Å². The Morgan fingerprint density at radius 1 is 1.67 bits per heavy atom. The SMILES string of the molecule is CCN(CCO)/[N+](O)=N/OCCl. The Kier molecular flexibility index (Phi) is 6.50. The zero-order valence-electron chi connectivity index (χ0n) is 6.85. The molecule has 0 aromatic heterocycles. The van der Waals surface area contributed by atoms with Crippen molar-refractivity contribution in [3.63, 3.8) is 0 Å². The lowest BCUT2D eigenvalue weighted by atomic mass is 10.6. The lowest BCUT2D eigenvalue weighted by Crippen LogP contribution is -2.34. The second-order valence-corrected chi connectivity index (χ2v) is 2.08. The van der Waals surface area contributed by atoms with Crippen molar-refractivity contribution in [1.29, 1.82) is 0 Å². The molecule has 7 heteroatoms. The van der Waals surface area contributed by atoms with E-state index in [1.807, 2.05) is 0 Å². The van der Waals surface area contributed by atoms with Gasteiger partial charge in [0.15, 0.2) is 6.07 Å². The number of nitrogens with zero attached hydrogens (tertiary/aromatic N) is 3. The van der Waals surface area contributed by atoms with Crippen LogP contribution in [0.2, 0.25) is 0 Å². The normalized spacial score (nSPS) is 11.4. The molecular weight excluding hydrogens is 186 g/mol. The Hall–Kier alpha value is -0.750. The van der Waals surface area contributed by atoms with E-state index in [9.17, 15) is 0 Å². The zero-order valence-corrected chi connectivity index (χ0v) is 7.61. The smallest absolute Gasteiger partial charge is 0.275 e. The van der Waals surface area contributed by atoms with E-state index >= 15 is 0 Å². The molecule has 6 nitrogen and oxygen atoms in total. The molecule has 0 bridgehead atoms. The lowest BCUT2D eigenvalue weighted by molar-refractivity contribution is -0.941. The molecule has 0 rings (SSSR count). The molecular formula is C5H13ClN3O3+. The predicted molar refractivity (Wildman–Crippen MR) is 40.6 cm³/mol. The Bertz CT molecular complexity index is 144. The van der Waals surface area contributed by atoms with Crippen molar-refractivity contribution in [2.45, 2.75) is 6.92 Å². The number of hydrogen-bond donors (Lipinski definition) is 2. The summed E-state index contributed by atoms with van der Waals surface area (Å²) >= 11 is 5.15. The second-order valence-electron chi connectivity index (χ2n) is 1.86. The number of aliphatic hydroxyl groups excluding tert-OH is 1. The van der Waals surface area contributed by atoms with Crippen LogP contribution in [0.3, 0.4) is 0 Å². The molecule has 0 fully saturated rings. The van der Waals surface area contributed by atoms with E-state index < -0.39 is 0 Å². The first-order chi connectivity index (χ1) is 5.76. The summed E-state index contributed by atoms with van der Waals surface area (Å²) in [6, 6.07) is -0.131. The van der Waals surface area contributed by atoms with Gasteiger partial charge in [-0.2, -0.15) is 0 Å². The van der Waals surface area contributed by atoms with Crippen LogP contribution in [0, 0.1) is 0 Å². The van der Waals surface area contributed by atoms with Gasteiger partial charge in [-0.15, -0.1) is 5.01 Å². The van der Waals surface area contributed by atoms with Gasteiger partial charge in [-0.1, -0.05) is 11.6 Å². The number of aliphatic hydroxyl groups is 1. The molecule has 0 aromatic carbocycles. The van der Waals surface area contributed by atoms with Crippen molar-refractivity contribution in [3.8, 4) is 0 Å². The minimum atomic E-state index is -0.131. The fraction of sp³-hybridized carbons (Fsp3) is 1.00. The fourth-order valence-corrected chi connectivity index (χ4v) is 0.658. The molecule has 0 saturated heterocycles. The molecule has 72 valence electrons. The van der Waals surface area contributed by atoms with Crippen LogP contribution in [0.4, 0.5) is 0 Å². The van der Waals surface area contributed by atoms with Crippen molar-refractivity contribution in [2.75, 3.05) is 25.8 Å². The summed E-state index contributed by atoms with van der Waals surface area (Å²) in [6.45, 7) is 2.52. The van der Waals surface area contributed by atoms with Crippen molar-refractivity contribution in [3.05, 3.63) is 0 Å². The number of hydrazine groups is 1. The molecule has 0 amide bonds. The van der Waals surface area contributed by atoms with Crippen LogP contribution in [-0.2, 0) is 4.84 Å². The topological polar surface area (TPSA) is 68.3 Å². The highest BCUT2D eigenvalue weighted by Crippen LogP contribution is 1.89. The van der Waals surface area contributed by atoms with Crippen molar-refractivity contribution in [2.24, 2.45) is 5.28 Å². The third-order valence-corrected chi connectivity index (χ3v) is 1.25. The lowest BCUT2D eigenvalue weighted by Gasteiger charge is -2.06. The van der Waals surface area contributed by atoms with Crippen molar-refractivity contribution < 1.29 is 20.1 Å². The van der Waals surface area contributed by atoms with Gasteiger partial charge >= 0.3 is 0 Å². The van der Waals surface area contributed by atoms with Gasteiger partial charge in [-0.25, -0.2) is 5.21 Å². The summed E-state index contributed by atoms with van der Waals surface area (Å²) in [7, 11) is 0. The van der Waals surface area contributed by atoms with Gasteiger partial charge in [-0.05, 0) is 6.92 Å². The highest BCUT2D eigenvalue weighted by atomic mass is 35.5. The summed E-state index contributed by atoms with van der Waals surface area (Å²) in [5, 5.41) is 22.2. The van der Waals surface area contributed by atoms with E-state index in [1.54, 1.807) is 6.92 Å². The molecule has 0 aliphatic heterocycles. The number of hydrogen-bond acceptors (Lipinski definition) is 3. The van der Waals surface area contributed by atoms with E-state index in [-0.39, 0.29) is 19.2 Å². The first-order valence-corrected chi connectivity index (χ1v) is 4.03. The maximum absolute atomic E-state index is 9.07. The summed E-state index contributed by atoms with van der Waals surface area (Å²) in [6.07, 6.45) is 0. The van der Waals surface area contributed by atoms with E-state index in [2.05, 4.69) is 10.1 Å². The molecule has 0 aliphatic rings. The second kappa shape index (κ2) is 6.93. The van der Waals surface area contributed by atoms with Crippen molar-refractivity contribution >= 4 is 11.6 Å². The molecule has 0 spiro atoms. The average Bonchev–Trinajstić information content (AvgIpc) is 2.10. The Labute approximate surface area is 75.5 Å². The van der Waals surface area contributed by atoms with Gasteiger partial charge in [0, 0.05) is 0 Å². The van der Waals surface area contributed by atoms with Crippen LogP contribution in [0.15, 0.2) is 5.28 Å². The molecule has 2 N–H and O–H groups in total. The maximum Gasteiger partial charge on any atom is 0.275 e. The Balaban J connectivity index is 3.91. The van der Waals surface area contributed by atoms with E-state index in [0.29, 0.717) is 11.5 Å². The number of likely N-dealkylation sites (N-methyl/N-ethyl adjacent to an activating group) is 1. The highest BCUT2D eigenvalue weighted by Gasteiger charge is 2.15. The number of halogens is 1. The van der Waals surface area contributed by atoms with Crippen molar-refractivity contribution in [1.82, 2.24) is 5.01 Å². The summed E-state index contributed by atoms with van der Waals surface area (Å²) in [4.78, 5) is 4.88. The van der Waals surface area contributed by atoms with Crippen LogP contribution in [0.5, 0.6) is 0 Å². The molecule has 0 aliphatic carbocycles. The molecule has 0 aromatic rings. The first-order valence-electron chi connectivity index (χ1n) is 3.49. The van der Waals surface area contributed by atoms with Gasteiger partial charge < -0.3 is 9.94 Å². The summed E-state index contributed by atoms with van der Waals surface area (Å²) in [5.74, 6) is 0. The minimum absolute atomic E-state index is 0.0682. The molecule has 0 atom stereocenters. The third kappa shape index (κ3) is 4.20. The van der Waals surface area contributed by atoms with Crippen LogP contribution in [0.25, 0.3) is 0 Å². The first kappa shape index (κ1) is 11.2. The largest absolute Gasteiger partial charge is 0.394 e. The van der Waals surface area contributed by atoms with Crippen LogP contribution in [-0.4, -0.2) is 46.1 Å². The highest BCUT2D eigenvalue weighted by molar-refractivity contribution is 6.17. The Morgan fingerprint density at radius 2 is 2.33 bits per heavy atom. The molecule has 0 heterocycles. The van der Waals surface area contributed by atoms with Crippen LogP contribution in [0.1, 0.15) is 6.92 Å². The Morgan fingerprint density at radius 3 is 2.75 bits per heavy atom. The van der Waals surface area contributed by atoms with E-state index in [4.69, 9.17) is 21.9 Å². The fourth-order valence-electron chi connectivity index (χ4n) is 0.615. The third-order valence-electron chi connectivity index (χ3n) is 1.16. The quantitative estimate of drug-likeness (QED) is 0.277. The van der Waals surface area contributed by atoms with Crippen LogP contribution >= 0.6 is 11.6 Å². The maximum atomic E-state index is 9.07. The molecule has 0 radical (unpaired) electrons. The summed E-state index contributed by atoms with van der Waals surface area (Å²) < 4.78 is 0. The molecule has 12 heavy (non-hydrogen) atoms. The predicted octanol–water partition coefficient (Wildman–Crippen LogP) is 0.197. The van der Waals surface area contributed by atoms with E-state index in [1.165, 1.54) is 5.01 Å². The molecule has 0 unspecified atom stereocenters. The number of rotatable bonds is 6. The number of alkyl halides is 1. The van der Waals surface area contributed by atoms with Crippen LogP contribution < -0.4 is 0 Å². The summed E-state index contributed by atoms with van der Waals surface area (Å²) in [5.41, 5.74) is 0. The van der Waals surface area contributed by atoms with E-state index in [0.717, 1.165) is 0 Å². The van der Waals surface area contributed by atoms with Gasteiger partial charge in [0.2, 0.25) is 0 Å². The van der Waals surface area contributed by atoms with Gasteiger partial charge in [0.25, 0.3) is 10.2 Å². The minimum Gasteiger partial charge on any atom is -0.394 e. The van der Waals surface area contributed by atoms with Gasteiger partial charge in [0.1, 0.15) is 6.54 Å². The average molecular weight is 199 g/mol. The monoisotopic (exact) mass is 198 g/mol. The zero-order chi connectivity index (χ0) is 9.40. The standard InChI is InChI=1S/C5H13ClN3O3/c1-2-8(3-4-10)9(11)7-12-5-6/h10H,2-5H2,1H3,(H,7,11)/q+1. The van der Waals surface area contributed by atoms with Gasteiger partial charge in [0.05, 0.1) is 13.2 Å². The molecule has 0 saturated carbocycles.